The molecule has 1 saturated heterocycles. The van der Waals surface area contributed by atoms with E-state index in [4.69, 9.17) is 4.98 Å². The first kappa shape index (κ1) is 19.4. The van der Waals surface area contributed by atoms with Crippen LogP contribution in [0.3, 0.4) is 0 Å². The molecule has 4 rings (SSSR count). The quantitative estimate of drug-likeness (QED) is 0.722. The van der Waals surface area contributed by atoms with Crippen molar-refractivity contribution in [1.82, 2.24) is 24.8 Å². The number of imidazole rings is 1. The summed E-state index contributed by atoms with van der Waals surface area (Å²) in [5, 5.41) is 3.29. The Hall–Kier alpha value is -2.96. The molecule has 1 unspecified atom stereocenters. The van der Waals surface area contributed by atoms with Crippen LogP contribution in [0.25, 0.3) is 11.0 Å². The topological polar surface area (TPSA) is 75.9 Å². The van der Waals surface area contributed by atoms with Crippen LogP contribution in [0.4, 0.5) is 5.95 Å². The largest absolute Gasteiger partial charge is 0.346 e. The first-order valence-electron chi connectivity index (χ1n) is 10.3. The lowest BCUT2D eigenvalue weighted by atomic mass is 9.95. The highest BCUT2D eigenvalue weighted by molar-refractivity contribution is 5.80. The number of anilines is 1. The Bertz CT molecular complexity index is 983. The lowest BCUT2D eigenvalue weighted by Crippen LogP contribution is -2.45. The highest BCUT2D eigenvalue weighted by Crippen LogP contribution is 2.27. The molecule has 2 aromatic heterocycles. The number of amides is 1. The number of hydrogen-bond donors (Lipinski definition) is 1. The molecule has 1 aliphatic heterocycles. The molecule has 0 spiro atoms. The molecular weight excluding hydrogens is 364 g/mol. The van der Waals surface area contributed by atoms with Gasteiger partial charge < -0.3 is 14.8 Å². The number of nitrogens with one attached hydrogen (secondary N) is 1. The van der Waals surface area contributed by atoms with Crippen molar-refractivity contribution >= 4 is 22.9 Å². The molecule has 2 atom stereocenters. The summed E-state index contributed by atoms with van der Waals surface area (Å²) in [5.74, 6) is 1.82. The van der Waals surface area contributed by atoms with Crippen LogP contribution in [0, 0.1) is 11.8 Å². The molecule has 7 nitrogen and oxygen atoms in total. The van der Waals surface area contributed by atoms with Gasteiger partial charge in [-0.1, -0.05) is 26.0 Å². The summed E-state index contributed by atoms with van der Waals surface area (Å²) in [7, 11) is 2.02. The fraction of sp³-hybridized carbons (Fsp3) is 0.455. The predicted molar refractivity (Wildman–Crippen MR) is 113 cm³/mol. The van der Waals surface area contributed by atoms with E-state index in [0.717, 1.165) is 36.2 Å². The summed E-state index contributed by atoms with van der Waals surface area (Å²) >= 11 is 0. The highest BCUT2D eigenvalue weighted by Gasteiger charge is 2.31. The predicted octanol–water partition coefficient (Wildman–Crippen LogP) is 3.09. The molecule has 1 amide bonds. The molecule has 152 valence electrons. The number of nitrogens with zero attached hydrogens (tertiary/aromatic N) is 5. The third kappa shape index (κ3) is 3.95. The number of para-hydroxylation sites is 2. The number of piperidine rings is 1. The van der Waals surface area contributed by atoms with Gasteiger partial charge in [-0.3, -0.25) is 4.79 Å². The molecule has 1 fully saturated rings. The van der Waals surface area contributed by atoms with Crippen molar-refractivity contribution in [2.75, 3.05) is 18.0 Å². The summed E-state index contributed by atoms with van der Waals surface area (Å²) in [6.45, 7) is 5.76. The van der Waals surface area contributed by atoms with Crippen LogP contribution in [0.15, 0.2) is 42.7 Å². The zero-order valence-corrected chi connectivity index (χ0v) is 17.2. The number of benzene rings is 1. The Kier molecular flexibility index (Phi) is 5.47. The van der Waals surface area contributed by atoms with Gasteiger partial charge in [-0.15, -0.1) is 0 Å². The fourth-order valence-corrected chi connectivity index (χ4v) is 4.07. The zero-order chi connectivity index (χ0) is 20.4. The van der Waals surface area contributed by atoms with Gasteiger partial charge in [0, 0.05) is 32.5 Å². The summed E-state index contributed by atoms with van der Waals surface area (Å²) in [6, 6.07) is 9.74. The highest BCUT2D eigenvalue weighted by atomic mass is 16.2. The minimum Gasteiger partial charge on any atom is -0.346 e. The maximum Gasteiger partial charge on any atom is 0.225 e. The molecule has 0 saturated carbocycles. The SMILES string of the molecule is CC(C)[C@H](NC(=O)C1CCCN(c2ncccn2)C1)c1nc2ccccc2n1C. The number of rotatable bonds is 5. The van der Waals surface area contributed by atoms with Gasteiger partial charge in [-0.2, -0.15) is 0 Å². The smallest absolute Gasteiger partial charge is 0.225 e. The molecule has 3 heterocycles. The fourth-order valence-electron chi connectivity index (χ4n) is 4.07. The molecule has 3 aromatic rings. The van der Waals surface area contributed by atoms with Crippen molar-refractivity contribution in [3.05, 3.63) is 48.5 Å². The Labute approximate surface area is 171 Å². The Morgan fingerprint density at radius 3 is 2.66 bits per heavy atom. The van der Waals surface area contributed by atoms with Crippen LogP contribution in [0.5, 0.6) is 0 Å². The summed E-state index contributed by atoms with van der Waals surface area (Å²) in [5.41, 5.74) is 2.03. The van der Waals surface area contributed by atoms with Crippen LogP contribution in [-0.2, 0) is 11.8 Å². The molecule has 1 N–H and O–H groups in total. The van der Waals surface area contributed by atoms with E-state index in [1.54, 1.807) is 12.4 Å². The third-order valence-electron chi connectivity index (χ3n) is 5.69. The van der Waals surface area contributed by atoms with Crippen molar-refractivity contribution in [2.45, 2.75) is 32.7 Å². The maximum absolute atomic E-state index is 13.2. The minimum absolute atomic E-state index is 0.0800. The van der Waals surface area contributed by atoms with E-state index in [1.807, 2.05) is 31.3 Å². The number of aryl methyl sites for hydroxylation is 1. The van der Waals surface area contributed by atoms with Gasteiger partial charge in [-0.25, -0.2) is 15.0 Å². The Balaban J connectivity index is 1.52. The van der Waals surface area contributed by atoms with E-state index in [-0.39, 0.29) is 23.8 Å². The van der Waals surface area contributed by atoms with E-state index in [2.05, 4.69) is 44.7 Å². The molecule has 7 heteroatoms. The van der Waals surface area contributed by atoms with Gasteiger partial charge in [0.2, 0.25) is 11.9 Å². The lowest BCUT2D eigenvalue weighted by molar-refractivity contribution is -0.126. The normalized spacial score (nSPS) is 18.2. The first-order chi connectivity index (χ1) is 14.0. The second-order valence-electron chi connectivity index (χ2n) is 8.08. The van der Waals surface area contributed by atoms with Gasteiger partial charge in [0.05, 0.1) is 23.0 Å². The lowest BCUT2D eigenvalue weighted by Gasteiger charge is -2.33. The Morgan fingerprint density at radius 2 is 1.93 bits per heavy atom. The molecule has 0 bridgehead atoms. The maximum atomic E-state index is 13.2. The Morgan fingerprint density at radius 1 is 1.17 bits per heavy atom. The van der Waals surface area contributed by atoms with Crippen molar-refractivity contribution in [1.29, 1.82) is 0 Å². The second kappa shape index (κ2) is 8.19. The van der Waals surface area contributed by atoms with E-state index in [0.29, 0.717) is 12.5 Å². The zero-order valence-electron chi connectivity index (χ0n) is 17.2. The van der Waals surface area contributed by atoms with Crippen molar-refractivity contribution in [2.24, 2.45) is 18.9 Å². The van der Waals surface area contributed by atoms with Gasteiger partial charge in [0.1, 0.15) is 5.82 Å². The third-order valence-corrected chi connectivity index (χ3v) is 5.69. The van der Waals surface area contributed by atoms with E-state index < -0.39 is 0 Å². The van der Waals surface area contributed by atoms with E-state index >= 15 is 0 Å². The number of carbonyl (C=O) groups excluding carboxylic acids is 1. The number of fused-ring (bicyclic) bond motifs is 1. The standard InChI is InChI=1S/C22H28N6O/c1-15(2)19(20-25-17-9-4-5-10-18(17)27(20)3)26-21(29)16-8-6-13-28(14-16)22-23-11-7-12-24-22/h4-5,7,9-12,15-16,19H,6,8,13-14H2,1-3H3,(H,26,29)/t16?,19-/m0/s1. The van der Waals surface area contributed by atoms with E-state index in [9.17, 15) is 4.79 Å². The van der Waals surface area contributed by atoms with Crippen LogP contribution >= 0.6 is 0 Å². The number of hydrogen-bond acceptors (Lipinski definition) is 5. The molecular formula is C22H28N6O. The summed E-state index contributed by atoms with van der Waals surface area (Å²) in [6.07, 6.45) is 5.32. The van der Waals surface area contributed by atoms with Gasteiger partial charge >= 0.3 is 0 Å². The van der Waals surface area contributed by atoms with Gasteiger partial charge in [0.25, 0.3) is 0 Å². The monoisotopic (exact) mass is 392 g/mol. The van der Waals surface area contributed by atoms with Crippen molar-refractivity contribution in [3.63, 3.8) is 0 Å². The summed E-state index contributed by atoms with van der Waals surface area (Å²) in [4.78, 5) is 28.8. The molecule has 1 aromatic carbocycles. The van der Waals surface area contributed by atoms with Crippen molar-refractivity contribution < 1.29 is 4.79 Å². The van der Waals surface area contributed by atoms with E-state index in [1.165, 1.54) is 0 Å². The van der Waals surface area contributed by atoms with Gasteiger partial charge in [0.15, 0.2) is 0 Å². The van der Waals surface area contributed by atoms with Crippen LogP contribution in [0.2, 0.25) is 0 Å². The number of carbonyl (C=O) groups is 1. The molecule has 0 aliphatic carbocycles. The van der Waals surface area contributed by atoms with Crippen LogP contribution in [0.1, 0.15) is 38.6 Å². The summed E-state index contributed by atoms with van der Waals surface area (Å²) < 4.78 is 2.09. The molecule has 29 heavy (non-hydrogen) atoms. The average molecular weight is 393 g/mol. The molecule has 1 aliphatic rings. The van der Waals surface area contributed by atoms with Crippen molar-refractivity contribution in [3.8, 4) is 0 Å². The van der Waals surface area contributed by atoms with Crippen LogP contribution in [-0.4, -0.2) is 38.5 Å². The molecule has 0 radical (unpaired) electrons. The first-order valence-corrected chi connectivity index (χ1v) is 10.3. The average Bonchev–Trinajstić information content (AvgIpc) is 3.09. The van der Waals surface area contributed by atoms with Crippen LogP contribution < -0.4 is 10.2 Å². The second-order valence-corrected chi connectivity index (χ2v) is 8.08. The number of aromatic nitrogens is 4. The van der Waals surface area contributed by atoms with Gasteiger partial charge in [-0.05, 0) is 37.0 Å². The minimum atomic E-state index is -0.136.